The van der Waals surface area contributed by atoms with Gasteiger partial charge in [-0.05, 0) is 82.1 Å². The molecule has 36 heavy (non-hydrogen) atoms. The molecular formula is C30H42O6. The molecule has 2 aliphatic heterocycles. The summed E-state index contributed by atoms with van der Waals surface area (Å²) in [5, 5.41) is 24.1. The first-order valence-corrected chi connectivity index (χ1v) is 14.4. The van der Waals surface area contributed by atoms with Gasteiger partial charge in [-0.2, -0.15) is 0 Å². The number of esters is 2. The van der Waals surface area contributed by atoms with Gasteiger partial charge in [-0.3, -0.25) is 9.59 Å². The molecule has 6 fully saturated rings. The second-order valence-electron chi connectivity index (χ2n) is 14.4. The predicted octanol–water partition coefficient (Wildman–Crippen LogP) is 3.88. The van der Waals surface area contributed by atoms with Gasteiger partial charge in [-0.25, -0.2) is 0 Å². The lowest BCUT2D eigenvalue weighted by molar-refractivity contribution is -0.160. The summed E-state index contributed by atoms with van der Waals surface area (Å²) in [6.45, 7) is 12.5. The maximum atomic E-state index is 13.0. The summed E-state index contributed by atoms with van der Waals surface area (Å²) >= 11 is 0. The van der Waals surface area contributed by atoms with Crippen molar-refractivity contribution < 1.29 is 29.3 Å². The van der Waals surface area contributed by atoms with E-state index in [0.29, 0.717) is 18.8 Å². The molecule has 2 bridgehead atoms. The molecule has 4 saturated carbocycles. The quantitative estimate of drug-likeness (QED) is 0.389. The van der Waals surface area contributed by atoms with Crippen LogP contribution >= 0.6 is 0 Å². The van der Waals surface area contributed by atoms with Crippen LogP contribution in [0.2, 0.25) is 0 Å². The molecule has 2 saturated heterocycles. The van der Waals surface area contributed by atoms with E-state index in [1.54, 1.807) is 0 Å². The third kappa shape index (κ3) is 2.48. The van der Waals surface area contributed by atoms with E-state index < -0.39 is 11.2 Å². The monoisotopic (exact) mass is 498 g/mol. The Morgan fingerprint density at radius 3 is 2.17 bits per heavy atom. The summed E-state index contributed by atoms with van der Waals surface area (Å²) < 4.78 is 12.4. The number of hydrogen-bond acceptors (Lipinski definition) is 6. The first-order valence-electron chi connectivity index (χ1n) is 14.4. The van der Waals surface area contributed by atoms with Crippen molar-refractivity contribution in [3.8, 4) is 0 Å². The molecule has 7 rings (SSSR count). The molecule has 5 aliphatic carbocycles. The van der Waals surface area contributed by atoms with Gasteiger partial charge >= 0.3 is 11.9 Å². The Labute approximate surface area is 214 Å². The molecule has 0 aromatic carbocycles. The summed E-state index contributed by atoms with van der Waals surface area (Å²) in [6, 6.07) is 0. The number of aliphatic hydroxyl groups is 2. The Kier molecular flexibility index (Phi) is 4.59. The molecule has 198 valence electrons. The molecule has 7 aliphatic rings. The number of carbonyl (C=O) groups is 2. The summed E-state index contributed by atoms with van der Waals surface area (Å²) in [5.41, 5.74) is 0.300. The fourth-order valence-electron chi connectivity index (χ4n) is 11.7. The van der Waals surface area contributed by atoms with Crippen LogP contribution in [0.3, 0.4) is 0 Å². The van der Waals surface area contributed by atoms with Crippen molar-refractivity contribution in [2.24, 2.45) is 64.6 Å². The Morgan fingerprint density at radius 1 is 0.833 bits per heavy atom. The summed E-state index contributed by atoms with van der Waals surface area (Å²) in [6.07, 6.45) is 3.41. The van der Waals surface area contributed by atoms with Gasteiger partial charge in [0.25, 0.3) is 0 Å². The zero-order valence-electron chi connectivity index (χ0n) is 22.5. The lowest BCUT2D eigenvalue weighted by atomic mass is 9.56. The highest BCUT2D eigenvalue weighted by Crippen LogP contribution is 2.80. The number of rotatable bonds is 0. The second kappa shape index (κ2) is 6.97. The zero-order chi connectivity index (χ0) is 25.7. The average molecular weight is 499 g/mol. The van der Waals surface area contributed by atoms with Crippen molar-refractivity contribution in [3.05, 3.63) is 11.1 Å². The van der Waals surface area contributed by atoms with Crippen LogP contribution < -0.4 is 0 Å². The largest absolute Gasteiger partial charge is 0.461 e. The normalized spacial score (nSPS) is 61.0. The minimum Gasteiger partial charge on any atom is -0.461 e. The lowest BCUT2D eigenvalue weighted by Gasteiger charge is -2.50. The topological polar surface area (TPSA) is 93.1 Å². The molecule has 6 heteroatoms. The minimum absolute atomic E-state index is 0.0273. The van der Waals surface area contributed by atoms with E-state index >= 15 is 0 Å². The molecule has 15 unspecified atom stereocenters. The van der Waals surface area contributed by atoms with Crippen LogP contribution in [-0.2, 0) is 19.1 Å². The Morgan fingerprint density at radius 2 is 1.44 bits per heavy atom. The standard InChI is InChI=1S/C30H42O6/c1-12-11-18-20-21(30(12)24(18)29(6,34)10-8-17-14(3)27(32)36-25(17)30)15(4)19-22(20)28(5,33)9-7-16-13(2)26(31)35-23(16)19/h12-14,16-18,20-25,33-34H,7-11H2,1-6H3. The fraction of sp³-hybridized carbons (Fsp3) is 0.867. The molecule has 0 amide bonds. The van der Waals surface area contributed by atoms with Gasteiger partial charge in [-0.15, -0.1) is 0 Å². The first-order chi connectivity index (χ1) is 16.8. The van der Waals surface area contributed by atoms with Crippen LogP contribution in [-0.4, -0.2) is 45.6 Å². The Hall–Kier alpha value is -1.40. The number of carbonyl (C=O) groups excluding carboxylic acids is 2. The van der Waals surface area contributed by atoms with Crippen LogP contribution in [0, 0.1) is 64.6 Å². The van der Waals surface area contributed by atoms with Gasteiger partial charge in [0.1, 0.15) is 12.2 Å². The van der Waals surface area contributed by atoms with E-state index in [0.717, 1.165) is 24.8 Å². The van der Waals surface area contributed by atoms with Gasteiger partial charge < -0.3 is 19.7 Å². The first kappa shape index (κ1) is 23.7. The number of allylic oxidation sites excluding steroid dienone is 1. The maximum absolute atomic E-state index is 13.0. The molecule has 2 N–H and O–H groups in total. The highest BCUT2D eigenvalue weighted by molar-refractivity contribution is 5.76. The van der Waals surface area contributed by atoms with Crippen molar-refractivity contribution >= 4 is 11.9 Å². The third-order valence-corrected chi connectivity index (χ3v) is 12.9. The van der Waals surface area contributed by atoms with E-state index in [9.17, 15) is 19.8 Å². The van der Waals surface area contributed by atoms with Crippen LogP contribution in [0.15, 0.2) is 11.1 Å². The lowest BCUT2D eigenvalue weighted by Crippen LogP contribution is -2.53. The predicted molar refractivity (Wildman–Crippen MR) is 131 cm³/mol. The molecule has 15 atom stereocenters. The third-order valence-electron chi connectivity index (χ3n) is 12.9. The van der Waals surface area contributed by atoms with Crippen LogP contribution in [0.4, 0.5) is 0 Å². The molecule has 6 nitrogen and oxygen atoms in total. The van der Waals surface area contributed by atoms with Crippen LogP contribution in [0.5, 0.6) is 0 Å². The molecule has 2 heterocycles. The SMILES string of the molecule is CC1=C2C3OC(=O)C(C)C3CCC(C)(O)C2C2C3CC(C)C4(C5OC(=O)C(C)C5CCC(C)(O)C34)C12. The Bertz CT molecular complexity index is 1070. The van der Waals surface area contributed by atoms with Crippen molar-refractivity contribution in [2.45, 2.75) is 97.1 Å². The summed E-state index contributed by atoms with van der Waals surface area (Å²) in [4.78, 5) is 25.7. The van der Waals surface area contributed by atoms with Gasteiger partial charge in [0, 0.05) is 29.1 Å². The van der Waals surface area contributed by atoms with E-state index in [-0.39, 0.29) is 82.8 Å². The van der Waals surface area contributed by atoms with Crippen molar-refractivity contribution in [1.29, 1.82) is 0 Å². The van der Waals surface area contributed by atoms with Crippen LogP contribution in [0.1, 0.15) is 73.6 Å². The number of fused-ring (bicyclic) bond motifs is 7. The molecule has 0 aromatic heterocycles. The molecule has 0 aromatic rings. The second-order valence-corrected chi connectivity index (χ2v) is 14.4. The van der Waals surface area contributed by atoms with Gasteiger partial charge in [0.15, 0.2) is 0 Å². The molecular weight excluding hydrogens is 456 g/mol. The fourth-order valence-corrected chi connectivity index (χ4v) is 11.7. The summed E-state index contributed by atoms with van der Waals surface area (Å²) in [7, 11) is 0. The Balaban J connectivity index is 1.46. The average Bonchev–Trinajstić information content (AvgIpc) is 3.49. The highest BCUT2D eigenvalue weighted by Gasteiger charge is 2.80. The minimum atomic E-state index is -0.902. The van der Waals surface area contributed by atoms with E-state index in [2.05, 4.69) is 13.8 Å². The maximum Gasteiger partial charge on any atom is 0.309 e. The zero-order valence-corrected chi connectivity index (χ0v) is 22.5. The highest BCUT2D eigenvalue weighted by atomic mass is 16.6. The van der Waals surface area contributed by atoms with Gasteiger partial charge in [-0.1, -0.05) is 26.3 Å². The van der Waals surface area contributed by atoms with Crippen molar-refractivity contribution in [2.75, 3.05) is 0 Å². The van der Waals surface area contributed by atoms with E-state index in [1.807, 2.05) is 27.7 Å². The van der Waals surface area contributed by atoms with Crippen LogP contribution in [0.25, 0.3) is 0 Å². The molecule has 0 radical (unpaired) electrons. The van der Waals surface area contributed by atoms with Crippen molar-refractivity contribution in [3.63, 3.8) is 0 Å². The number of hydrogen-bond donors (Lipinski definition) is 2. The van der Waals surface area contributed by atoms with Gasteiger partial charge in [0.2, 0.25) is 0 Å². The van der Waals surface area contributed by atoms with Gasteiger partial charge in [0.05, 0.1) is 23.0 Å². The van der Waals surface area contributed by atoms with E-state index in [1.165, 1.54) is 5.57 Å². The molecule has 0 spiro atoms. The van der Waals surface area contributed by atoms with Crippen molar-refractivity contribution in [1.82, 2.24) is 0 Å². The summed E-state index contributed by atoms with van der Waals surface area (Å²) in [5.74, 6) is 0.421. The number of ether oxygens (including phenoxy) is 2. The smallest absolute Gasteiger partial charge is 0.309 e. The van der Waals surface area contributed by atoms with E-state index in [4.69, 9.17) is 9.47 Å².